The van der Waals surface area contributed by atoms with Crippen molar-refractivity contribution in [1.29, 1.82) is 0 Å². The number of carbonyl (C=O) groups excluding carboxylic acids is 1. The quantitative estimate of drug-likeness (QED) is 0.599. The molecule has 5 heteroatoms. The maximum Gasteiger partial charge on any atom is 0.373 e. The highest BCUT2D eigenvalue weighted by molar-refractivity contribution is 5.93. The number of esters is 1. The molecule has 1 aromatic carbocycles. The standard InChI is InChI=1S/C10H9NO3.ClH/c1-13-10(12)9-5-6-4-7(11)2-3-8(6)14-9;/h2-5H,11H2,1H3;1H. The Morgan fingerprint density at radius 2 is 2.13 bits per heavy atom. The van der Waals surface area contributed by atoms with Gasteiger partial charge in [0.05, 0.1) is 7.11 Å². The van der Waals surface area contributed by atoms with Crippen molar-refractivity contribution in [3.05, 3.63) is 30.0 Å². The van der Waals surface area contributed by atoms with Crippen molar-refractivity contribution in [2.75, 3.05) is 12.8 Å². The van der Waals surface area contributed by atoms with Gasteiger partial charge in [0.1, 0.15) is 5.58 Å². The molecule has 0 spiro atoms. The van der Waals surface area contributed by atoms with Crippen LogP contribution in [0.5, 0.6) is 0 Å². The van der Waals surface area contributed by atoms with Crippen LogP contribution in [-0.2, 0) is 4.74 Å². The van der Waals surface area contributed by atoms with Gasteiger partial charge in [-0.05, 0) is 24.3 Å². The highest BCUT2D eigenvalue weighted by Gasteiger charge is 2.11. The predicted octanol–water partition coefficient (Wildman–Crippen LogP) is 2.22. The molecule has 0 aliphatic heterocycles. The number of fused-ring (bicyclic) bond motifs is 1. The molecule has 0 saturated carbocycles. The number of benzene rings is 1. The molecule has 0 atom stereocenters. The highest BCUT2D eigenvalue weighted by Crippen LogP contribution is 2.21. The van der Waals surface area contributed by atoms with Crippen LogP contribution in [0, 0.1) is 0 Å². The summed E-state index contributed by atoms with van der Waals surface area (Å²) in [4.78, 5) is 11.1. The lowest BCUT2D eigenvalue weighted by Crippen LogP contribution is -1.97. The van der Waals surface area contributed by atoms with Gasteiger partial charge >= 0.3 is 5.97 Å². The Morgan fingerprint density at radius 3 is 2.80 bits per heavy atom. The van der Waals surface area contributed by atoms with Crippen LogP contribution in [-0.4, -0.2) is 13.1 Å². The second-order valence-corrected chi connectivity index (χ2v) is 2.90. The van der Waals surface area contributed by atoms with Gasteiger partial charge in [-0.25, -0.2) is 4.79 Å². The molecule has 0 bridgehead atoms. The largest absolute Gasteiger partial charge is 0.463 e. The van der Waals surface area contributed by atoms with E-state index in [1.807, 2.05) is 0 Å². The summed E-state index contributed by atoms with van der Waals surface area (Å²) in [5.74, 6) is -0.298. The van der Waals surface area contributed by atoms with E-state index in [1.165, 1.54) is 7.11 Å². The molecule has 0 amide bonds. The van der Waals surface area contributed by atoms with Crippen molar-refractivity contribution in [1.82, 2.24) is 0 Å². The fraction of sp³-hybridized carbons (Fsp3) is 0.100. The third-order valence-electron chi connectivity index (χ3n) is 1.93. The number of rotatable bonds is 1. The number of ether oxygens (including phenoxy) is 1. The first kappa shape index (κ1) is 11.4. The van der Waals surface area contributed by atoms with Crippen molar-refractivity contribution >= 4 is 35.0 Å². The van der Waals surface area contributed by atoms with Crippen molar-refractivity contribution in [2.24, 2.45) is 0 Å². The minimum Gasteiger partial charge on any atom is -0.463 e. The Balaban J connectivity index is 0.00000112. The number of anilines is 1. The molecule has 2 aromatic rings. The first-order valence-corrected chi connectivity index (χ1v) is 4.08. The first-order chi connectivity index (χ1) is 6.70. The Labute approximate surface area is 92.4 Å². The summed E-state index contributed by atoms with van der Waals surface area (Å²) in [6, 6.07) is 6.78. The predicted molar refractivity (Wildman–Crippen MR) is 59.2 cm³/mol. The van der Waals surface area contributed by atoms with E-state index >= 15 is 0 Å². The Kier molecular flexibility index (Phi) is 3.21. The molecule has 2 rings (SSSR count). The van der Waals surface area contributed by atoms with Crippen LogP contribution in [0.4, 0.5) is 5.69 Å². The zero-order valence-corrected chi connectivity index (χ0v) is 8.84. The van der Waals surface area contributed by atoms with Crippen LogP contribution in [0.25, 0.3) is 11.0 Å². The molecular formula is C10H10ClNO3. The molecule has 4 nitrogen and oxygen atoms in total. The molecule has 0 saturated heterocycles. The fourth-order valence-electron chi connectivity index (χ4n) is 1.26. The lowest BCUT2D eigenvalue weighted by Gasteiger charge is -1.91. The molecule has 1 heterocycles. The van der Waals surface area contributed by atoms with Gasteiger partial charge in [0.2, 0.25) is 5.76 Å². The van der Waals surface area contributed by atoms with Gasteiger partial charge in [0.25, 0.3) is 0 Å². The molecule has 1 aromatic heterocycles. The molecule has 0 aliphatic carbocycles. The minimum absolute atomic E-state index is 0. The van der Waals surface area contributed by atoms with Gasteiger partial charge in [-0.15, -0.1) is 12.4 Å². The van der Waals surface area contributed by atoms with Gasteiger partial charge in [0, 0.05) is 11.1 Å². The van der Waals surface area contributed by atoms with Gasteiger partial charge in [0.15, 0.2) is 0 Å². The lowest BCUT2D eigenvalue weighted by molar-refractivity contribution is 0.0567. The van der Waals surface area contributed by atoms with Gasteiger partial charge in [-0.1, -0.05) is 0 Å². The molecule has 0 radical (unpaired) electrons. The SMILES string of the molecule is COC(=O)c1cc2cc(N)ccc2o1.Cl. The van der Waals surface area contributed by atoms with E-state index in [0.717, 1.165) is 5.39 Å². The van der Waals surface area contributed by atoms with Crippen LogP contribution in [0.15, 0.2) is 28.7 Å². The van der Waals surface area contributed by atoms with Crippen molar-refractivity contribution in [3.8, 4) is 0 Å². The maximum atomic E-state index is 11.1. The second kappa shape index (κ2) is 4.23. The first-order valence-electron chi connectivity index (χ1n) is 4.08. The molecule has 15 heavy (non-hydrogen) atoms. The normalized spacial score (nSPS) is 9.67. The van der Waals surface area contributed by atoms with Crippen LogP contribution in [0.3, 0.4) is 0 Å². The molecule has 0 unspecified atom stereocenters. The summed E-state index contributed by atoms with van der Waals surface area (Å²) in [6.07, 6.45) is 0. The number of furan rings is 1. The smallest absolute Gasteiger partial charge is 0.373 e. The number of hydrogen-bond acceptors (Lipinski definition) is 4. The maximum absolute atomic E-state index is 11.1. The number of halogens is 1. The zero-order chi connectivity index (χ0) is 10.1. The third kappa shape index (κ3) is 2.05. The van der Waals surface area contributed by atoms with Crippen molar-refractivity contribution in [2.45, 2.75) is 0 Å². The number of hydrogen-bond donors (Lipinski definition) is 1. The van der Waals surface area contributed by atoms with E-state index in [-0.39, 0.29) is 18.2 Å². The summed E-state index contributed by atoms with van der Waals surface area (Å²) in [6.45, 7) is 0. The summed E-state index contributed by atoms with van der Waals surface area (Å²) < 4.78 is 9.78. The van der Waals surface area contributed by atoms with Crippen LogP contribution >= 0.6 is 12.4 Å². The molecule has 0 aliphatic rings. The minimum atomic E-state index is -0.486. The summed E-state index contributed by atoms with van der Waals surface area (Å²) in [5, 5.41) is 0.797. The molecule has 0 fully saturated rings. The van der Waals surface area contributed by atoms with Gasteiger partial charge < -0.3 is 14.9 Å². The summed E-state index contributed by atoms with van der Waals surface area (Å²) in [5.41, 5.74) is 6.84. The topological polar surface area (TPSA) is 65.5 Å². The number of nitrogen functional groups attached to an aromatic ring is 1. The zero-order valence-electron chi connectivity index (χ0n) is 8.02. The molecule has 80 valence electrons. The van der Waals surface area contributed by atoms with Crippen LogP contribution < -0.4 is 5.73 Å². The van der Waals surface area contributed by atoms with E-state index in [9.17, 15) is 4.79 Å². The number of carbonyl (C=O) groups is 1. The van der Waals surface area contributed by atoms with E-state index in [2.05, 4.69) is 4.74 Å². The van der Waals surface area contributed by atoms with Gasteiger partial charge in [-0.3, -0.25) is 0 Å². The highest BCUT2D eigenvalue weighted by atomic mass is 35.5. The molecule has 2 N–H and O–H groups in total. The third-order valence-corrected chi connectivity index (χ3v) is 1.93. The van der Waals surface area contributed by atoms with Crippen molar-refractivity contribution < 1.29 is 13.9 Å². The van der Waals surface area contributed by atoms with E-state index < -0.39 is 5.97 Å². The Morgan fingerprint density at radius 1 is 1.40 bits per heavy atom. The summed E-state index contributed by atoms with van der Waals surface area (Å²) in [7, 11) is 1.31. The monoisotopic (exact) mass is 227 g/mol. The average Bonchev–Trinajstić information content (AvgIpc) is 2.59. The van der Waals surface area contributed by atoms with Crippen LogP contribution in [0.2, 0.25) is 0 Å². The fourth-order valence-corrected chi connectivity index (χ4v) is 1.26. The van der Waals surface area contributed by atoms with Crippen molar-refractivity contribution in [3.63, 3.8) is 0 Å². The average molecular weight is 228 g/mol. The number of methoxy groups -OCH3 is 1. The molecular weight excluding hydrogens is 218 g/mol. The number of nitrogens with two attached hydrogens (primary N) is 1. The summed E-state index contributed by atoms with van der Waals surface area (Å²) >= 11 is 0. The van der Waals surface area contributed by atoms with Gasteiger partial charge in [-0.2, -0.15) is 0 Å². The lowest BCUT2D eigenvalue weighted by atomic mass is 10.2. The Hall–Kier alpha value is -1.68. The van der Waals surface area contributed by atoms with E-state index in [1.54, 1.807) is 24.3 Å². The van der Waals surface area contributed by atoms with Crippen LogP contribution in [0.1, 0.15) is 10.6 Å². The van der Waals surface area contributed by atoms with E-state index in [0.29, 0.717) is 11.3 Å². The second-order valence-electron chi connectivity index (χ2n) is 2.90. The van der Waals surface area contributed by atoms with E-state index in [4.69, 9.17) is 10.2 Å². The Bertz CT molecular complexity index is 492.